The van der Waals surface area contributed by atoms with Gasteiger partial charge in [0.05, 0.1) is 12.2 Å². The topological polar surface area (TPSA) is 50.8 Å². The molecule has 28 heavy (non-hydrogen) atoms. The molecule has 5 nitrogen and oxygen atoms in total. The van der Waals surface area contributed by atoms with E-state index in [0.29, 0.717) is 12.2 Å². The van der Waals surface area contributed by atoms with E-state index in [-0.39, 0.29) is 18.4 Å². The van der Waals surface area contributed by atoms with Gasteiger partial charge in [-0.1, -0.05) is 24.3 Å². The van der Waals surface area contributed by atoms with Gasteiger partial charge < -0.3 is 19.7 Å². The van der Waals surface area contributed by atoms with Gasteiger partial charge in [0.15, 0.2) is 0 Å². The monoisotopic (exact) mass is 396 g/mol. The second kappa shape index (κ2) is 9.45. The number of alkyl halides is 3. The third kappa shape index (κ3) is 5.88. The molecular formula is C20H23F3N2O3. The van der Waals surface area contributed by atoms with E-state index in [1.54, 1.807) is 45.4 Å². The molecule has 0 aliphatic rings. The second-order valence-corrected chi connectivity index (χ2v) is 6.30. The fraction of sp³-hybridized carbons (Fsp3) is 0.350. The Morgan fingerprint density at radius 3 is 2.32 bits per heavy atom. The molecular weight excluding hydrogens is 373 g/mol. The average molecular weight is 396 g/mol. The minimum absolute atomic E-state index is 0.107. The van der Waals surface area contributed by atoms with Crippen LogP contribution in [-0.2, 0) is 6.18 Å². The summed E-state index contributed by atoms with van der Waals surface area (Å²) >= 11 is 0. The van der Waals surface area contributed by atoms with E-state index in [9.17, 15) is 18.0 Å². The molecule has 0 aliphatic heterocycles. The van der Waals surface area contributed by atoms with Crippen molar-refractivity contribution >= 4 is 6.09 Å². The number of nitrogens with zero attached hydrogens (tertiary/aromatic N) is 1. The average Bonchev–Trinajstić information content (AvgIpc) is 2.65. The lowest BCUT2D eigenvalue weighted by Crippen LogP contribution is -2.25. The van der Waals surface area contributed by atoms with Crippen LogP contribution in [0.4, 0.5) is 18.0 Å². The first-order chi connectivity index (χ1) is 13.2. The van der Waals surface area contributed by atoms with Gasteiger partial charge in [-0.3, -0.25) is 0 Å². The Bertz CT molecular complexity index is 777. The Hall–Kier alpha value is -2.74. The molecule has 0 heterocycles. The van der Waals surface area contributed by atoms with Crippen LogP contribution < -0.4 is 14.8 Å². The highest BCUT2D eigenvalue weighted by Crippen LogP contribution is 2.36. The fourth-order valence-electron chi connectivity index (χ4n) is 2.55. The molecule has 0 spiro atoms. The van der Waals surface area contributed by atoms with Gasteiger partial charge in [-0.25, -0.2) is 4.79 Å². The summed E-state index contributed by atoms with van der Waals surface area (Å²) in [4.78, 5) is 12.9. The van der Waals surface area contributed by atoms with Crippen molar-refractivity contribution in [1.82, 2.24) is 10.2 Å². The van der Waals surface area contributed by atoms with Gasteiger partial charge in [0, 0.05) is 26.6 Å². The lowest BCUT2D eigenvalue weighted by Gasteiger charge is -2.19. The smallest absolute Gasteiger partial charge is 0.419 e. The maximum Gasteiger partial charge on any atom is 0.419 e. The third-order valence-corrected chi connectivity index (χ3v) is 4.06. The Kier molecular flexibility index (Phi) is 7.28. The standard InChI is InChI=1S/C20H23F3N2O3/c1-24-17(14-8-10-15(11-9-14)28-19(26)25(2)3)12-13-27-18-7-5-4-6-16(18)20(21,22)23/h4-11,17,24H,12-13H2,1-3H3. The van der Waals surface area contributed by atoms with Crippen LogP contribution in [0, 0.1) is 0 Å². The molecule has 2 rings (SSSR count). The summed E-state index contributed by atoms with van der Waals surface area (Å²) in [5.74, 6) is 0.225. The quantitative estimate of drug-likeness (QED) is 0.749. The molecule has 8 heteroatoms. The van der Waals surface area contributed by atoms with Crippen molar-refractivity contribution in [2.24, 2.45) is 0 Å². The van der Waals surface area contributed by atoms with Crippen molar-refractivity contribution in [3.8, 4) is 11.5 Å². The predicted octanol–water partition coefficient (Wildman–Crippen LogP) is 4.50. The van der Waals surface area contributed by atoms with Crippen LogP contribution >= 0.6 is 0 Å². The zero-order valence-electron chi connectivity index (χ0n) is 15.9. The number of halogens is 3. The van der Waals surface area contributed by atoms with Gasteiger partial charge in [-0.05, 0) is 36.9 Å². The molecule has 0 fully saturated rings. The molecule has 1 N–H and O–H groups in total. The van der Waals surface area contributed by atoms with Crippen molar-refractivity contribution < 1.29 is 27.4 Å². The first-order valence-corrected chi connectivity index (χ1v) is 8.67. The Morgan fingerprint density at radius 1 is 1.11 bits per heavy atom. The molecule has 0 bridgehead atoms. The van der Waals surface area contributed by atoms with Gasteiger partial charge in [0.1, 0.15) is 11.5 Å². The van der Waals surface area contributed by atoms with E-state index in [2.05, 4.69) is 5.32 Å². The van der Waals surface area contributed by atoms with Crippen LogP contribution in [-0.4, -0.2) is 38.7 Å². The first-order valence-electron chi connectivity index (χ1n) is 8.67. The largest absolute Gasteiger partial charge is 0.493 e. The molecule has 0 aliphatic carbocycles. The summed E-state index contributed by atoms with van der Waals surface area (Å²) in [7, 11) is 4.93. The highest BCUT2D eigenvalue weighted by molar-refractivity contribution is 5.69. The molecule has 0 saturated heterocycles. The summed E-state index contributed by atoms with van der Waals surface area (Å²) in [6.45, 7) is 0.107. The predicted molar refractivity (Wildman–Crippen MR) is 99.5 cm³/mol. The minimum Gasteiger partial charge on any atom is -0.493 e. The lowest BCUT2D eigenvalue weighted by atomic mass is 10.0. The minimum atomic E-state index is -4.46. The van der Waals surface area contributed by atoms with Gasteiger partial charge in [-0.15, -0.1) is 0 Å². The third-order valence-electron chi connectivity index (χ3n) is 4.06. The number of rotatable bonds is 7. The molecule has 0 aromatic heterocycles. The summed E-state index contributed by atoms with van der Waals surface area (Å²) in [5.41, 5.74) is 0.114. The molecule has 1 amide bonds. The molecule has 0 saturated carbocycles. The Morgan fingerprint density at radius 2 is 1.75 bits per heavy atom. The van der Waals surface area contributed by atoms with Gasteiger partial charge in [0.2, 0.25) is 0 Å². The van der Waals surface area contributed by atoms with Crippen LogP contribution in [0.25, 0.3) is 0 Å². The maximum atomic E-state index is 13.0. The van der Waals surface area contributed by atoms with E-state index in [1.165, 1.54) is 23.1 Å². The van der Waals surface area contributed by atoms with Gasteiger partial charge in [0.25, 0.3) is 0 Å². The van der Waals surface area contributed by atoms with E-state index in [4.69, 9.17) is 9.47 Å². The van der Waals surface area contributed by atoms with Crippen molar-refractivity contribution in [3.63, 3.8) is 0 Å². The number of carbonyl (C=O) groups excluding carboxylic acids is 1. The number of carbonyl (C=O) groups is 1. The summed E-state index contributed by atoms with van der Waals surface area (Å²) in [5, 5.41) is 3.11. The molecule has 152 valence electrons. The van der Waals surface area contributed by atoms with Crippen LogP contribution in [0.2, 0.25) is 0 Å². The van der Waals surface area contributed by atoms with E-state index < -0.39 is 17.8 Å². The maximum absolute atomic E-state index is 13.0. The lowest BCUT2D eigenvalue weighted by molar-refractivity contribution is -0.139. The highest BCUT2D eigenvalue weighted by atomic mass is 19.4. The van der Waals surface area contributed by atoms with Crippen LogP contribution in [0.5, 0.6) is 11.5 Å². The van der Waals surface area contributed by atoms with Crippen molar-refractivity contribution in [1.29, 1.82) is 0 Å². The molecule has 2 aromatic rings. The summed E-state index contributed by atoms with van der Waals surface area (Å²) < 4.78 is 49.6. The number of amides is 1. The number of para-hydroxylation sites is 1. The van der Waals surface area contributed by atoms with Gasteiger partial charge >= 0.3 is 12.3 Å². The Balaban J connectivity index is 1.97. The second-order valence-electron chi connectivity index (χ2n) is 6.30. The molecule has 1 atom stereocenters. The summed E-state index contributed by atoms with van der Waals surface area (Å²) in [6.07, 6.45) is -4.48. The number of hydrogen-bond acceptors (Lipinski definition) is 4. The molecule has 1 unspecified atom stereocenters. The fourth-order valence-corrected chi connectivity index (χ4v) is 2.55. The Labute approximate surface area is 162 Å². The number of benzene rings is 2. The summed E-state index contributed by atoms with van der Waals surface area (Å²) in [6, 6.07) is 11.9. The molecule has 2 aromatic carbocycles. The van der Waals surface area contributed by atoms with E-state index in [0.717, 1.165) is 11.6 Å². The highest BCUT2D eigenvalue weighted by Gasteiger charge is 2.34. The van der Waals surface area contributed by atoms with Crippen LogP contribution in [0.1, 0.15) is 23.6 Å². The number of nitrogens with one attached hydrogen (secondary N) is 1. The number of hydrogen-bond donors (Lipinski definition) is 1. The van der Waals surface area contributed by atoms with E-state index >= 15 is 0 Å². The van der Waals surface area contributed by atoms with Crippen LogP contribution in [0.3, 0.4) is 0 Å². The van der Waals surface area contributed by atoms with Crippen molar-refractivity contribution in [2.45, 2.75) is 18.6 Å². The zero-order valence-corrected chi connectivity index (χ0v) is 15.9. The SMILES string of the molecule is CNC(CCOc1ccccc1C(F)(F)F)c1ccc(OC(=O)N(C)C)cc1. The van der Waals surface area contributed by atoms with Crippen LogP contribution in [0.15, 0.2) is 48.5 Å². The first kappa shape index (κ1) is 21.6. The normalized spacial score (nSPS) is 12.4. The molecule has 0 radical (unpaired) electrons. The van der Waals surface area contributed by atoms with Crippen molar-refractivity contribution in [3.05, 3.63) is 59.7 Å². The van der Waals surface area contributed by atoms with Crippen molar-refractivity contribution in [2.75, 3.05) is 27.7 Å². The van der Waals surface area contributed by atoms with Gasteiger partial charge in [-0.2, -0.15) is 13.2 Å². The van der Waals surface area contributed by atoms with E-state index in [1.807, 2.05) is 0 Å². The zero-order chi connectivity index (χ0) is 20.7. The number of ether oxygens (including phenoxy) is 2.